The number of carbonyl (C=O) groups excluding carboxylic acids is 1. The van der Waals surface area contributed by atoms with Crippen molar-refractivity contribution in [2.24, 2.45) is 29.6 Å². The van der Waals surface area contributed by atoms with Crippen LogP contribution in [0.3, 0.4) is 0 Å². The maximum absolute atomic E-state index is 13.2. The molecule has 0 spiro atoms. The van der Waals surface area contributed by atoms with E-state index in [2.05, 4.69) is 31.0 Å². The Kier molecular flexibility index (Phi) is 13.2. The first-order valence-corrected chi connectivity index (χ1v) is 15.0. The number of aliphatic hydroxyl groups is 2. The van der Waals surface area contributed by atoms with Gasteiger partial charge in [0.1, 0.15) is 12.1 Å². The summed E-state index contributed by atoms with van der Waals surface area (Å²) in [6, 6.07) is -0.600. The minimum atomic E-state index is -0.766. The molecule has 2 saturated carbocycles. The van der Waals surface area contributed by atoms with Gasteiger partial charge in [-0.15, -0.1) is 0 Å². The molecular weight excluding hydrogens is 468 g/mol. The van der Waals surface area contributed by atoms with Crippen LogP contribution in [0.5, 0.6) is 0 Å². The zero-order valence-corrected chi connectivity index (χ0v) is 23.5. The number of rotatable bonds is 12. The summed E-state index contributed by atoms with van der Waals surface area (Å²) in [5.74, 6) is 8.92. The van der Waals surface area contributed by atoms with Crippen LogP contribution in [-0.4, -0.2) is 72.3 Å². The molecule has 1 heterocycles. The third-order valence-corrected chi connectivity index (χ3v) is 8.55. The van der Waals surface area contributed by atoms with E-state index in [9.17, 15) is 15.0 Å². The van der Waals surface area contributed by atoms with Crippen LogP contribution >= 0.6 is 0 Å². The Labute approximate surface area is 225 Å². The number of aliphatic hydroxyl groups excluding tert-OH is 2. The average Bonchev–Trinajstić information content (AvgIpc) is 3.27. The van der Waals surface area contributed by atoms with Crippen LogP contribution in [0.15, 0.2) is 0 Å². The molecule has 3 N–H and O–H groups in total. The van der Waals surface area contributed by atoms with Crippen LogP contribution in [-0.2, 0) is 14.4 Å². The number of hydroxylamine groups is 2. The SMILES string of the molecule is CCCCOCCCNC(=O)[C@@H]1[C@H](CO)[C@H]([C@H](C)O)ON1CC1CCC(C#CC2CCC(C)CC2)CC1. The number of hydrogen-bond acceptors (Lipinski definition) is 6. The molecule has 1 saturated heterocycles. The topological polar surface area (TPSA) is 91.3 Å². The van der Waals surface area contributed by atoms with Gasteiger partial charge in [0.2, 0.25) is 5.91 Å². The van der Waals surface area contributed by atoms with E-state index in [0.717, 1.165) is 57.5 Å². The van der Waals surface area contributed by atoms with E-state index >= 15 is 0 Å². The second-order valence-electron chi connectivity index (χ2n) is 11.8. The fraction of sp³-hybridized carbons (Fsp3) is 0.900. The fourth-order valence-corrected chi connectivity index (χ4v) is 6.05. The molecule has 0 radical (unpaired) electrons. The molecule has 4 atom stereocenters. The normalized spacial score (nSPS) is 33.5. The minimum Gasteiger partial charge on any atom is -0.396 e. The molecule has 7 nitrogen and oxygen atoms in total. The van der Waals surface area contributed by atoms with Gasteiger partial charge in [-0.1, -0.05) is 32.1 Å². The van der Waals surface area contributed by atoms with Crippen molar-refractivity contribution < 1.29 is 24.6 Å². The van der Waals surface area contributed by atoms with Gasteiger partial charge < -0.3 is 20.3 Å². The van der Waals surface area contributed by atoms with Crippen molar-refractivity contribution in [1.29, 1.82) is 0 Å². The van der Waals surface area contributed by atoms with Crippen molar-refractivity contribution in [2.75, 3.05) is 32.9 Å². The lowest BCUT2D eigenvalue weighted by Crippen LogP contribution is -2.49. The van der Waals surface area contributed by atoms with Crippen LogP contribution in [0.25, 0.3) is 0 Å². The molecule has 37 heavy (non-hydrogen) atoms. The van der Waals surface area contributed by atoms with Crippen LogP contribution in [0, 0.1) is 41.4 Å². The zero-order valence-electron chi connectivity index (χ0n) is 23.5. The van der Waals surface area contributed by atoms with Gasteiger partial charge in [-0.05, 0) is 83.0 Å². The average molecular weight is 521 g/mol. The molecule has 2 aliphatic carbocycles. The van der Waals surface area contributed by atoms with Gasteiger partial charge in [0, 0.05) is 44.1 Å². The largest absolute Gasteiger partial charge is 0.396 e. The maximum atomic E-state index is 13.2. The van der Waals surface area contributed by atoms with Crippen LogP contribution in [0.2, 0.25) is 0 Å². The predicted octanol–water partition coefficient (Wildman–Crippen LogP) is 3.92. The molecule has 7 heteroatoms. The van der Waals surface area contributed by atoms with Crippen molar-refractivity contribution in [3.63, 3.8) is 0 Å². The monoisotopic (exact) mass is 520 g/mol. The summed E-state index contributed by atoms with van der Waals surface area (Å²) >= 11 is 0. The van der Waals surface area contributed by atoms with Gasteiger partial charge in [-0.2, -0.15) is 5.06 Å². The van der Waals surface area contributed by atoms with Crippen molar-refractivity contribution in [1.82, 2.24) is 10.4 Å². The van der Waals surface area contributed by atoms with E-state index in [4.69, 9.17) is 9.57 Å². The summed E-state index contributed by atoms with van der Waals surface area (Å²) in [6.45, 7) is 8.48. The van der Waals surface area contributed by atoms with Gasteiger partial charge >= 0.3 is 0 Å². The number of nitrogens with one attached hydrogen (secondary N) is 1. The Balaban J connectivity index is 1.49. The Bertz CT molecular complexity index is 719. The van der Waals surface area contributed by atoms with Crippen LogP contribution in [0.1, 0.15) is 91.4 Å². The summed E-state index contributed by atoms with van der Waals surface area (Å²) in [4.78, 5) is 19.3. The van der Waals surface area contributed by atoms with Crippen molar-refractivity contribution in [3.8, 4) is 11.8 Å². The van der Waals surface area contributed by atoms with Gasteiger partial charge in [0.15, 0.2) is 0 Å². The summed E-state index contributed by atoms with van der Waals surface area (Å²) in [5.41, 5.74) is 0. The van der Waals surface area contributed by atoms with Gasteiger partial charge in [-0.3, -0.25) is 9.63 Å². The Hall–Kier alpha value is -1.17. The van der Waals surface area contributed by atoms with Gasteiger partial charge in [0.25, 0.3) is 0 Å². The molecule has 1 aliphatic heterocycles. The minimum absolute atomic E-state index is 0.142. The van der Waals surface area contributed by atoms with E-state index in [-0.39, 0.29) is 12.5 Å². The molecule has 212 valence electrons. The first-order chi connectivity index (χ1) is 17.9. The summed E-state index contributed by atoms with van der Waals surface area (Å²) < 4.78 is 5.59. The number of unbranched alkanes of at least 4 members (excludes halogenated alkanes) is 1. The zero-order chi connectivity index (χ0) is 26.6. The molecule has 0 bridgehead atoms. The van der Waals surface area contributed by atoms with E-state index < -0.39 is 24.2 Å². The molecule has 0 aromatic carbocycles. The number of carbonyl (C=O) groups is 1. The number of nitrogens with zero attached hydrogens (tertiary/aromatic N) is 1. The predicted molar refractivity (Wildman–Crippen MR) is 145 cm³/mol. The Morgan fingerprint density at radius 2 is 1.68 bits per heavy atom. The highest BCUT2D eigenvalue weighted by Crippen LogP contribution is 2.35. The molecule has 1 amide bonds. The lowest BCUT2D eigenvalue weighted by Gasteiger charge is -2.31. The van der Waals surface area contributed by atoms with Crippen molar-refractivity contribution in [3.05, 3.63) is 0 Å². The fourth-order valence-electron chi connectivity index (χ4n) is 6.05. The van der Waals surface area contributed by atoms with E-state index in [1.807, 2.05) is 0 Å². The van der Waals surface area contributed by atoms with Gasteiger partial charge in [0.05, 0.1) is 12.7 Å². The number of hydrogen-bond donors (Lipinski definition) is 3. The van der Waals surface area contributed by atoms with Crippen molar-refractivity contribution >= 4 is 5.91 Å². The maximum Gasteiger partial charge on any atom is 0.240 e. The molecule has 3 fully saturated rings. The highest BCUT2D eigenvalue weighted by molar-refractivity contribution is 5.82. The summed E-state index contributed by atoms with van der Waals surface area (Å²) in [6.07, 6.45) is 11.0. The molecule has 0 unspecified atom stereocenters. The molecular formula is C30H52N2O5. The first kappa shape index (κ1) is 30.4. The highest BCUT2D eigenvalue weighted by Gasteiger charge is 2.49. The second kappa shape index (κ2) is 16.1. The van der Waals surface area contributed by atoms with E-state index in [1.165, 1.54) is 25.7 Å². The summed E-state index contributed by atoms with van der Waals surface area (Å²) in [5, 5.41) is 25.2. The van der Waals surface area contributed by atoms with E-state index in [1.54, 1.807) is 12.0 Å². The van der Waals surface area contributed by atoms with Crippen LogP contribution < -0.4 is 5.32 Å². The van der Waals surface area contributed by atoms with Crippen molar-refractivity contribution in [2.45, 2.75) is 110 Å². The summed E-state index contributed by atoms with van der Waals surface area (Å²) in [7, 11) is 0. The third kappa shape index (κ3) is 9.51. The highest BCUT2D eigenvalue weighted by atomic mass is 16.7. The second-order valence-corrected chi connectivity index (χ2v) is 11.8. The third-order valence-electron chi connectivity index (χ3n) is 8.55. The Morgan fingerprint density at radius 1 is 1.05 bits per heavy atom. The molecule has 3 rings (SSSR count). The standard InChI is InChI=1S/C30H52N2O5/c1-4-5-18-36-19-6-17-31-30(35)28-27(21-33)29(23(3)34)37-32(28)20-26-15-13-25(14-16-26)12-11-24-9-7-22(2)8-10-24/h22-29,33-34H,4-10,13-21H2,1-3H3,(H,31,35)/t22?,23-,24?,25?,26?,27-,28-,29-/m0/s1. The lowest BCUT2D eigenvalue weighted by atomic mass is 9.80. The molecule has 3 aliphatic rings. The molecule has 0 aromatic rings. The number of ether oxygens (including phenoxy) is 1. The Morgan fingerprint density at radius 3 is 2.27 bits per heavy atom. The smallest absolute Gasteiger partial charge is 0.240 e. The number of amides is 1. The lowest BCUT2D eigenvalue weighted by molar-refractivity contribution is -0.193. The van der Waals surface area contributed by atoms with E-state index in [0.29, 0.717) is 37.5 Å². The first-order valence-electron chi connectivity index (χ1n) is 15.0. The van der Waals surface area contributed by atoms with Gasteiger partial charge in [-0.25, -0.2) is 0 Å². The van der Waals surface area contributed by atoms with Crippen LogP contribution in [0.4, 0.5) is 0 Å². The molecule has 0 aromatic heterocycles. The quantitative estimate of drug-likeness (QED) is 0.267.